The molecule has 0 saturated carbocycles. The van der Waals surface area contributed by atoms with Crippen LogP contribution in [0.2, 0.25) is 10.0 Å². The molecule has 0 saturated heterocycles. The van der Waals surface area contributed by atoms with Crippen molar-refractivity contribution in [1.82, 2.24) is 9.78 Å². The molecule has 0 bridgehead atoms. The van der Waals surface area contributed by atoms with Crippen molar-refractivity contribution in [2.24, 2.45) is 5.73 Å². The van der Waals surface area contributed by atoms with Gasteiger partial charge >= 0.3 is 5.97 Å². The molecular weight excluding hydrogens is 479 g/mol. The molecule has 3 N–H and O–H groups in total. The lowest BCUT2D eigenvalue weighted by Crippen LogP contribution is -2.16. The average molecular weight is 497 g/mol. The zero-order chi connectivity index (χ0) is 23.4. The Bertz CT molecular complexity index is 1190. The number of primary amides is 1. The number of nitrogens with one attached hydrogen (secondary N) is 1. The first kappa shape index (κ1) is 23.6. The number of aromatic nitrogens is 2. The van der Waals surface area contributed by atoms with E-state index in [-0.39, 0.29) is 39.5 Å². The van der Waals surface area contributed by atoms with E-state index in [1.807, 2.05) is 0 Å². The average Bonchev–Trinajstić information content (AvgIpc) is 3.34. The van der Waals surface area contributed by atoms with E-state index in [4.69, 9.17) is 38.4 Å². The van der Waals surface area contributed by atoms with E-state index in [2.05, 4.69) is 10.4 Å². The summed E-state index contributed by atoms with van der Waals surface area (Å²) in [6.45, 7) is 3.32. The van der Waals surface area contributed by atoms with Crippen molar-refractivity contribution >= 4 is 57.3 Å². The van der Waals surface area contributed by atoms with Crippen molar-refractivity contribution in [3.05, 3.63) is 62.2 Å². The molecule has 168 valence electrons. The van der Waals surface area contributed by atoms with Gasteiger partial charge in [0.15, 0.2) is 12.4 Å². The molecule has 2 aromatic heterocycles. The number of carbonyl (C=O) groups excluding carboxylic acids is 3. The molecule has 0 aliphatic carbocycles. The van der Waals surface area contributed by atoms with Crippen molar-refractivity contribution in [3.63, 3.8) is 0 Å². The zero-order valence-corrected chi connectivity index (χ0v) is 19.3. The third-order valence-corrected chi connectivity index (χ3v) is 6.24. The third kappa shape index (κ3) is 5.04. The Morgan fingerprint density at radius 3 is 2.69 bits per heavy atom. The van der Waals surface area contributed by atoms with Gasteiger partial charge in [0.2, 0.25) is 0 Å². The summed E-state index contributed by atoms with van der Waals surface area (Å²) >= 11 is 12.9. The smallest absolute Gasteiger partial charge is 0.341 e. The van der Waals surface area contributed by atoms with Gasteiger partial charge in [0.1, 0.15) is 15.8 Å². The Labute approximate surface area is 197 Å². The molecule has 32 heavy (non-hydrogen) atoms. The number of thiophene rings is 1. The molecule has 0 atom stereocenters. The number of amides is 2. The Morgan fingerprint density at radius 1 is 1.25 bits per heavy atom. The number of esters is 1. The molecule has 0 aliphatic rings. The van der Waals surface area contributed by atoms with E-state index in [0.717, 1.165) is 11.3 Å². The van der Waals surface area contributed by atoms with Gasteiger partial charge in [-0.1, -0.05) is 29.3 Å². The number of carbonyl (C=O) groups is 3. The molecule has 0 spiro atoms. The van der Waals surface area contributed by atoms with Gasteiger partial charge in [-0.2, -0.15) is 5.10 Å². The third-order valence-electron chi connectivity index (χ3n) is 4.22. The van der Waals surface area contributed by atoms with Crippen LogP contribution < -0.4 is 15.8 Å². The highest BCUT2D eigenvalue weighted by atomic mass is 35.5. The number of hydrogen-bond donors (Lipinski definition) is 2. The number of rotatable bonds is 8. The molecule has 12 heteroatoms. The van der Waals surface area contributed by atoms with Crippen LogP contribution in [0.1, 0.15) is 43.0 Å². The molecule has 0 fully saturated rings. The maximum atomic E-state index is 12.7. The summed E-state index contributed by atoms with van der Waals surface area (Å²) in [7, 11) is 0. The summed E-state index contributed by atoms with van der Waals surface area (Å²) in [5.41, 5.74) is 5.86. The van der Waals surface area contributed by atoms with Crippen molar-refractivity contribution in [2.75, 3.05) is 11.9 Å². The van der Waals surface area contributed by atoms with Crippen LogP contribution in [-0.2, 0) is 11.5 Å². The molecule has 3 rings (SSSR count). The number of nitrogens with two attached hydrogens (primary N) is 1. The summed E-state index contributed by atoms with van der Waals surface area (Å²) in [5, 5.41) is 7.52. The summed E-state index contributed by atoms with van der Waals surface area (Å²) in [6.07, 6.45) is 1.54. The Morgan fingerprint density at radius 2 is 2.00 bits per heavy atom. The first-order chi connectivity index (χ1) is 15.2. The van der Waals surface area contributed by atoms with Crippen molar-refractivity contribution < 1.29 is 23.9 Å². The number of benzene rings is 1. The van der Waals surface area contributed by atoms with Gasteiger partial charge in [-0.15, -0.1) is 11.3 Å². The van der Waals surface area contributed by atoms with Gasteiger partial charge < -0.3 is 20.5 Å². The maximum absolute atomic E-state index is 12.7. The lowest BCUT2D eigenvalue weighted by molar-refractivity contribution is 0.0527. The topological polar surface area (TPSA) is 126 Å². The quantitative estimate of drug-likeness (QED) is 0.451. The SMILES string of the molecule is CCOC(=O)c1c(NC(=O)c2ccn(COc3cccc(Cl)c3Cl)n2)sc(C(N)=O)c1C. The minimum Gasteiger partial charge on any atom is -0.470 e. The van der Waals surface area contributed by atoms with E-state index < -0.39 is 17.8 Å². The predicted octanol–water partition coefficient (Wildman–Crippen LogP) is 4.12. The first-order valence-electron chi connectivity index (χ1n) is 9.24. The lowest BCUT2D eigenvalue weighted by Gasteiger charge is -2.08. The molecular formula is C20H18Cl2N4O5S. The van der Waals surface area contributed by atoms with Crippen LogP contribution in [-0.4, -0.2) is 34.2 Å². The maximum Gasteiger partial charge on any atom is 0.341 e. The molecule has 1 aromatic carbocycles. The van der Waals surface area contributed by atoms with Crippen LogP contribution in [0.4, 0.5) is 5.00 Å². The van der Waals surface area contributed by atoms with Crippen molar-refractivity contribution in [2.45, 2.75) is 20.6 Å². The molecule has 0 aliphatic heterocycles. The molecule has 0 radical (unpaired) electrons. The van der Waals surface area contributed by atoms with Crippen LogP contribution in [0.5, 0.6) is 5.75 Å². The summed E-state index contributed by atoms with van der Waals surface area (Å²) in [4.78, 5) is 36.9. The molecule has 2 amide bonds. The van der Waals surface area contributed by atoms with Gasteiger partial charge in [0, 0.05) is 6.20 Å². The van der Waals surface area contributed by atoms with Gasteiger partial charge in [-0.3, -0.25) is 9.59 Å². The van der Waals surface area contributed by atoms with Crippen LogP contribution in [0, 0.1) is 6.92 Å². The van der Waals surface area contributed by atoms with Crippen LogP contribution in [0.15, 0.2) is 30.5 Å². The van der Waals surface area contributed by atoms with Crippen LogP contribution >= 0.6 is 34.5 Å². The fourth-order valence-corrected chi connectivity index (χ4v) is 4.13. The highest BCUT2D eigenvalue weighted by Gasteiger charge is 2.26. The second kappa shape index (κ2) is 10.0. The fourth-order valence-electron chi connectivity index (χ4n) is 2.74. The normalized spacial score (nSPS) is 10.6. The number of ether oxygens (including phenoxy) is 2. The van der Waals surface area contributed by atoms with Crippen LogP contribution in [0.25, 0.3) is 0 Å². The molecule has 0 unspecified atom stereocenters. The Balaban J connectivity index is 1.76. The second-order valence-corrected chi connectivity index (χ2v) is 8.17. The highest BCUT2D eigenvalue weighted by Crippen LogP contribution is 2.34. The Hall–Kier alpha value is -3.08. The number of nitrogens with zero attached hydrogens (tertiary/aromatic N) is 2. The van der Waals surface area contributed by atoms with E-state index in [1.165, 1.54) is 16.9 Å². The highest BCUT2D eigenvalue weighted by molar-refractivity contribution is 7.18. The number of hydrogen-bond acceptors (Lipinski definition) is 7. The number of anilines is 1. The van der Waals surface area contributed by atoms with Gasteiger partial charge in [-0.25, -0.2) is 9.48 Å². The van der Waals surface area contributed by atoms with E-state index in [9.17, 15) is 14.4 Å². The fraction of sp³-hybridized carbons (Fsp3) is 0.200. The predicted molar refractivity (Wildman–Crippen MR) is 121 cm³/mol. The van der Waals surface area contributed by atoms with E-state index in [1.54, 1.807) is 32.0 Å². The standard InChI is InChI=1S/C20H18Cl2N4O5S/c1-3-30-20(29)14-10(2)16(17(23)27)32-19(14)24-18(28)12-7-8-26(25-12)9-31-13-6-4-5-11(21)15(13)22/h4-8H,3,9H2,1-2H3,(H2,23,27)(H,24,28). The summed E-state index contributed by atoms with van der Waals surface area (Å²) in [5.74, 6) is -1.60. The first-order valence-corrected chi connectivity index (χ1v) is 10.8. The minimum atomic E-state index is -0.709. The molecule has 3 aromatic rings. The van der Waals surface area contributed by atoms with Gasteiger partial charge in [0.25, 0.3) is 11.8 Å². The zero-order valence-electron chi connectivity index (χ0n) is 17.0. The summed E-state index contributed by atoms with van der Waals surface area (Å²) < 4.78 is 12.0. The number of halogens is 2. The summed E-state index contributed by atoms with van der Waals surface area (Å²) in [6, 6.07) is 6.44. The van der Waals surface area contributed by atoms with Gasteiger partial charge in [-0.05, 0) is 37.6 Å². The van der Waals surface area contributed by atoms with Gasteiger partial charge in [0.05, 0.1) is 22.1 Å². The largest absolute Gasteiger partial charge is 0.470 e. The van der Waals surface area contributed by atoms with Crippen LogP contribution in [0.3, 0.4) is 0 Å². The van der Waals surface area contributed by atoms with Crippen molar-refractivity contribution in [3.8, 4) is 5.75 Å². The minimum absolute atomic E-state index is 0.0225. The monoisotopic (exact) mass is 496 g/mol. The lowest BCUT2D eigenvalue weighted by atomic mass is 10.1. The molecule has 2 heterocycles. The second-order valence-electron chi connectivity index (χ2n) is 6.36. The Kier molecular flexibility index (Phi) is 7.39. The van der Waals surface area contributed by atoms with Crippen molar-refractivity contribution in [1.29, 1.82) is 0 Å². The van der Waals surface area contributed by atoms with E-state index in [0.29, 0.717) is 16.3 Å². The van der Waals surface area contributed by atoms with E-state index >= 15 is 0 Å². The molecule has 9 nitrogen and oxygen atoms in total.